The van der Waals surface area contributed by atoms with Crippen molar-refractivity contribution in [1.29, 1.82) is 0 Å². The highest BCUT2D eigenvalue weighted by Gasteiger charge is 2.19. The minimum Gasteiger partial charge on any atom is -0.384 e. The van der Waals surface area contributed by atoms with Crippen LogP contribution in [0.5, 0.6) is 0 Å². The van der Waals surface area contributed by atoms with E-state index >= 15 is 0 Å². The van der Waals surface area contributed by atoms with Gasteiger partial charge in [-0.15, -0.1) is 0 Å². The Morgan fingerprint density at radius 2 is 1.86 bits per heavy atom. The smallest absolute Gasteiger partial charge is 0.0443 e. The zero-order valence-electron chi connectivity index (χ0n) is 21.4. The van der Waals surface area contributed by atoms with E-state index in [4.69, 9.17) is 11.6 Å². The van der Waals surface area contributed by atoms with E-state index in [-0.39, 0.29) is 5.92 Å². The molecule has 1 N–H and O–H groups in total. The van der Waals surface area contributed by atoms with E-state index in [1.54, 1.807) is 0 Å². The lowest BCUT2D eigenvalue weighted by Gasteiger charge is -2.24. The topological polar surface area (TPSA) is 24.9 Å². The average molecular weight is 495 g/mol. The largest absolute Gasteiger partial charge is 0.384 e. The van der Waals surface area contributed by atoms with Crippen molar-refractivity contribution in [2.75, 3.05) is 0 Å². The van der Waals surface area contributed by atoms with Gasteiger partial charge in [0.15, 0.2) is 0 Å². The quantitative estimate of drug-likeness (QED) is 0.277. The first-order chi connectivity index (χ1) is 17.5. The molecule has 1 saturated carbocycles. The Morgan fingerprint density at radius 3 is 2.64 bits per heavy atom. The molecule has 0 spiro atoms. The molecule has 0 aliphatic heterocycles. The first kappa shape index (κ1) is 24.6. The number of fused-ring (bicyclic) bond motifs is 1. The summed E-state index contributed by atoms with van der Waals surface area (Å²) in [6.45, 7) is 9.41. The van der Waals surface area contributed by atoms with Crippen LogP contribution in [0.1, 0.15) is 73.1 Å². The third-order valence-corrected chi connectivity index (χ3v) is 8.16. The second-order valence-electron chi connectivity index (χ2n) is 10.3. The summed E-state index contributed by atoms with van der Waals surface area (Å²) in [6, 6.07) is 21.9. The number of halogens is 1. The molecule has 4 aromatic rings. The molecule has 0 saturated heterocycles. The van der Waals surface area contributed by atoms with Crippen molar-refractivity contribution in [2.45, 2.75) is 64.3 Å². The molecule has 1 heterocycles. The first-order valence-electron chi connectivity index (χ1n) is 13.2. The number of hydrogen-bond acceptors (Lipinski definition) is 2. The molecule has 184 valence electrons. The van der Waals surface area contributed by atoms with Crippen molar-refractivity contribution >= 4 is 22.4 Å². The van der Waals surface area contributed by atoms with Crippen molar-refractivity contribution in [2.24, 2.45) is 0 Å². The summed E-state index contributed by atoms with van der Waals surface area (Å²) in [5.41, 5.74) is 8.47. The van der Waals surface area contributed by atoms with Crippen LogP contribution in [0.2, 0.25) is 5.02 Å². The number of nitrogens with zero attached hydrogens (tertiary/aromatic N) is 1. The molecule has 0 radical (unpaired) electrons. The van der Waals surface area contributed by atoms with Crippen LogP contribution in [0.25, 0.3) is 21.9 Å². The number of hydrogen-bond donors (Lipinski definition) is 1. The standard InChI is InChI=1S/C33H35ClN2/c1-22-8-7-11-27(18-22)29-14-13-28(32-21-35-17-16-31(29)32)20-36-24(3)23(2)26-12-15-30(33(34)19-26)25-9-5-4-6-10-25/h7-8,11-19,21,23,25,36H,3-6,9-10,20H2,1-2H3. The average Bonchev–Trinajstić information content (AvgIpc) is 2.91. The van der Waals surface area contributed by atoms with Crippen molar-refractivity contribution in [3.05, 3.63) is 113 Å². The van der Waals surface area contributed by atoms with Crippen LogP contribution in [0.15, 0.2) is 85.3 Å². The molecule has 1 aliphatic rings. The highest BCUT2D eigenvalue weighted by atomic mass is 35.5. The molecule has 0 amide bonds. The second-order valence-corrected chi connectivity index (χ2v) is 10.7. The van der Waals surface area contributed by atoms with E-state index < -0.39 is 0 Å². The van der Waals surface area contributed by atoms with Crippen molar-refractivity contribution < 1.29 is 0 Å². The number of aryl methyl sites for hydroxylation is 1. The fourth-order valence-corrected chi connectivity index (χ4v) is 5.93. The van der Waals surface area contributed by atoms with Crippen LogP contribution >= 0.6 is 11.6 Å². The Morgan fingerprint density at radius 1 is 1.03 bits per heavy atom. The lowest BCUT2D eigenvalue weighted by atomic mass is 9.83. The van der Waals surface area contributed by atoms with Gasteiger partial charge in [0.2, 0.25) is 0 Å². The molecule has 5 rings (SSSR count). The Labute approximate surface area is 220 Å². The molecule has 2 nitrogen and oxygen atoms in total. The van der Waals surface area contributed by atoms with Gasteiger partial charge in [-0.05, 0) is 71.0 Å². The normalized spacial score (nSPS) is 15.1. The van der Waals surface area contributed by atoms with Gasteiger partial charge in [-0.25, -0.2) is 0 Å². The van der Waals surface area contributed by atoms with E-state index in [0.717, 1.165) is 10.7 Å². The van der Waals surface area contributed by atoms with E-state index in [2.05, 4.69) is 91.4 Å². The molecule has 1 atom stereocenters. The Kier molecular flexibility index (Phi) is 7.43. The molecule has 1 fully saturated rings. The number of aromatic nitrogens is 1. The predicted octanol–water partition coefficient (Wildman–Crippen LogP) is 9.32. The first-order valence-corrected chi connectivity index (χ1v) is 13.5. The Hall–Kier alpha value is -3.10. The zero-order valence-corrected chi connectivity index (χ0v) is 22.1. The Bertz CT molecular complexity index is 1380. The molecule has 0 bridgehead atoms. The van der Waals surface area contributed by atoms with Crippen molar-refractivity contribution in [3.63, 3.8) is 0 Å². The molecule has 1 aromatic heterocycles. The van der Waals surface area contributed by atoms with Crippen molar-refractivity contribution in [3.8, 4) is 11.1 Å². The number of pyridine rings is 1. The zero-order chi connectivity index (χ0) is 25.1. The van der Waals surface area contributed by atoms with Crippen LogP contribution in [0.4, 0.5) is 0 Å². The number of nitrogens with one attached hydrogen (secondary N) is 1. The van der Waals surface area contributed by atoms with Gasteiger partial charge >= 0.3 is 0 Å². The molecule has 3 aromatic carbocycles. The predicted molar refractivity (Wildman–Crippen MR) is 154 cm³/mol. The third-order valence-electron chi connectivity index (χ3n) is 7.84. The summed E-state index contributed by atoms with van der Waals surface area (Å²) in [7, 11) is 0. The van der Waals surface area contributed by atoms with E-state index in [0.29, 0.717) is 12.5 Å². The monoisotopic (exact) mass is 494 g/mol. The highest BCUT2D eigenvalue weighted by Crippen LogP contribution is 2.38. The fourth-order valence-electron chi connectivity index (χ4n) is 5.59. The number of benzene rings is 3. The van der Waals surface area contributed by atoms with E-state index in [1.807, 2.05) is 12.4 Å². The summed E-state index contributed by atoms with van der Waals surface area (Å²) >= 11 is 6.77. The summed E-state index contributed by atoms with van der Waals surface area (Å²) in [6.07, 6.45) is 10.4. The second kappa shape index (κ2) is 10.9. The van der Waals surface area contributed by atoms with Gasteiger partial charge in [-0.2, -0.15) is 0 Å². The van der Waals surface area contributed by atoms with Crippen LogP contribution in [0, 0.1) is 6.92 Å². The van der Waals surface area contributed by atoms with Crippen LogP contribution in [-0.4, -0.2) is 4.98 Å². The molecule has 36 heavy (non-hydrogen) atoms. The Balaban J connectivity index is 1.32. The lowest BCUT2D eigenvalue weighted by molar-refractivity contribution is 0.443. The summed E-state index contributed by atoms with van der Waals surface area (Å²) in [5, 5.41) is 6.89. The van der Waals surface area contributed by atoms with Gasteiger partial charge in [-0.1, -0.05) is 98.5 Å². The third kappa shape index (κ3) is 5.20. The van der Waals surface area contributed by atoms with E-state index in [1.165, 1.54) is 76.3 Å². The molecule has 1 unspecified atom stereocenters. The molecular weight excluding hydrogens is 460 g/mol. The lowest BCUT2D eigenvalue weighted by Crippen LogP contribution is -2.17. The van der Waals surface area contributed by atoms with Crippen LogP contribution < -0.4 is 5.32 Å². The SMILES string of the molecule is C=C(NCc1ccc(-c2cccc(C)c2)c2ccncc12)C(C)c1ccc(C2CCCCC2)c(Cl)c1. The summed E-state index contributed by atoms with van der Waals surface area (Å²) in [5.74, 6) is 0.778. The minimum atomic E-state index is 0.166. The van der Waals surface area contributed by atoms with Crippen LogP contribution in [0.3, 0.4) is 0 Å². The van der Waals surface area contributed by atoms with Gasteiger partial charge in [0.25, 0.3) is 0 Å². The number of allylic oxidation sites excluding steroid dienone is 1. The van der Waals surface area contributed by atoms with Gasteiger partial charge in [0.05, 0.1) is 0 Å². The maximum absolute atomic E-state index is 6.77. The van der Waals surface area contributed by atoms with Gasteiger partial charge < -0.3 is 5.32 Å². The maximum Gasteiger partial charge on any atom is 0.0443 e. The van der Waals surface area contributed by atoms with Gasteiger partial charge in [0.1, 0.15) is 0 Å². The molecule has 1 aliphatic carbocycles. The van der Waals surface area contributed by atoms with E-state index in [9.17, 15) is 0 Å². The summed E-state index contributed by atoms with van der Waals surface area (Å²) < 4.78 is 0. The highest BCUT2D eigenvalue weighted by molar-refractivity contribution is 6.31. The maximum atomic E-state index is 6.77. The number of rotatable bonds is 7. The molecular formula is C33H35ClN2. The fraction of sp³-hybridized carbons (Fsp3) is 0.303. The van der Waals surface area contributed by atoms with Gasteiger partial charge in [0, 0.05) is 41.0 Å². The van der Waals surface area contributed by atoms with Gasteiger partial charge in [-0.3, -0.25) is 4.98 Å². The minimum absolute atomic E-state index is 0.166. The summed E-state index contributed by atoms with van der Waals surface area (Å²) in [4.78, 5) is 4.43. The van der Waals surface area contributed by atoms with Crippen LogP contribution in [-0.2, 0) is 6.54 Å². The van der Waals surface area contributed by atoms with Crippen molar-refractivity contribution in [1.82, 2.24) is 10.3 Å². The molecule has 3 heteroatoms.